The van der Waals surface area contributed by atoms with Crippen LogP contribution in [0.2, 0.25) is 0 Å². The van der Waals surface area contributed by atoms with Gasteiger partial charge in [-0.3, -0.25) is 19.3 Å². The topological polar surface area (TPSA) is 66.5 Å². The van der Waals surface area contributed by atoms with Gasteiger partial charge in [-0.1, -0.05) is 36.4 Å². The quantitative estimate of drug-likeness (QED) is 0.670. The first-order valence-corrected chi connectivity index (χ1v) is 9.54. The smallest absolute Gasteiger partial charge is 0.240 e. The van der Waals surface area contributed by atoms with Crippen molar-refractivity contribution >= 4 is 17.7 Å². The summed E-state index contributed by atoms with van der Waals surface area (Å²) >= 11 is 0. The highest BCUT2D eigenvalue weighted by atomic mass is 16.2. The number of hydrogen-bond acceptors (Lipinski definition) is 3. The molecule has 5 heteroatoms. The molecule has 2 fully saturated rings. The number of rotatable bonds is 3. The molecular formula is C21H22N2O3. The van der Waals surface area contributed by atoms with E-state index < -0.39 is 0 Å². The van der Waals surface area contributed by atoms with Gasteiger partial charge in [0, 0.05) is 0 Å². The van der Waals surface area contributed by atoms with Crippen LogP contribution in [-0.4, -0.2) is 29.2 Å². The second-order valence-electron chi connectivity index (χ2n) is 7.97. The summed E-state index contributed by atoms with van der Waals surface area (Å²) in [7, 11) is 0. The Balaban J connectivity index is 1.29. The van der Waals surface area contributed by atoms with E-state index in [9.17, 15) is 14.4 Å². The van der Waals surface area contributed by atoms with Crippen molar-refractivity contribution in [1.82, 2.24) is 10.2 Å². The van der Waals surface area contributed by atoms with Gasteiger partial charge in [0.1, 0.15) is 6.54 Å². The van der Waals surface area contributed by atoms with Crippen LogP contribution >= 0.6 is 0 Å². The van der Waals surface area contributed by atoms with Crippen LogP contribution in [-0.2, 0) is 20.8 Å². The number of carbonyl (C=O) groups is 3. The summed E-state index contributed by atoms with van der Waals surface area (Å²) in [6, 6.07) is 8.13. The molecule has 1 heterocycles. The molecule has 1 N–H and O–H groups in total. The lowest BCUT2D eigenvalue weighted by Crippen LogP contribution is -2.43. The number of aryl methyl sites for hydroxylation is 1. The number of likely N-dealkylation sites (tertiary alicyclic amines) is 1. The molecule has 3 aliphatic carbocycles. The molecule has 1 saturated carbocycles. The van der Waals surface area contributed by atoms with Gasteiger partial charge in [0.25, 0.3) is 0 Å². The minimum absolute atomic E-state index is 0.0300. The number of carbonyl (C=O) groups excluding carboxylic acids is 3. The Hall–Kier alpha value is -2.43. The lowest BCUT2D eigenvalue weighted by molar-refractivity contribution is -0.144. The standard InChI is InChI=1S/C21H22N2O3/c24-17(22-16-7-3-5-12-4-1-2-6-15(12)16)11-23-20(25)18-13-8-9-14(10-13)19(18)21(23)26/h1-2,4,6,8-9,13-14,16,18-19H,3,5,7,10-11H2,(H,22,24)/t13-,14-,16+,18+,19+/m0/s1. The number of amides is 3. The van der Waals surface area contributed by atoms with Crippen LogP contribution in [0.5, 0.6) is 0 Å². The summed E-state index contributed by atoms with van der Waals surface area (Å²) < 4.78 is 0. The maximum absolute atomic E-state index is 12.7. The molecule has 3 amide bonds. The maximum Gasteiger partial charge on any atom is 0.240 e. The fraction of sp³-hybridized carbons (Fsp3) is 0.476. The number of imide groups is 1. The third-order valence-electron chi connectivity index (χ3n) is 6.57. The molecule has 4 aliphatic rings. The van der Waals surface area contributed by atoms with Crippen molar-refractivity contribution in [2.24, 2.45) is 23.7 Å². The molecule has 0 aromatic heterocycles. The van der Waals surface area contributed by atoms with E-state index in [1.54, 1.807) is 0 Å². The first kappa shape index (κ1) is 15.8. The Morgan fingerprint density at radius 2 is 1.77 bits per heavy atom. The molecule has 2 bridgehead atoms. The van der Waals surface area contributed by atoms with E-state index >= 15 is 0 Å². The Bertz CT molecular complexity index is 800. The Morgan fingerprint density at radius 1 is 1.08 bits per heavy atom. The van der Waals surface area contributed by atoms with E-state index in [0.29, 0.717) is 0 Å². The molecule has 1 aliphatic heterocycles. The van der Waals surface area contributed by atoms with Gasteiger partial charge in [-0.15, -0.1) is 0 Å². The van der Waals surface area contributed by atoms with Gasteiger partial charge in [-0.2, -0.15) is 0 Å². The van der Waals surface area contributed by atoms with Crippen molar-refractivity contribution in [1.29, 1.82) is 0 Å². The van der Waals surface area contributed by atoms with Gasteiger partial charge in [0.15, 0.2) is 0 Å². The highest BCUT2D eigenvalue weighted by Crippen LogP contribution is 2.52. The summed E-state index contributed by atoms with van der Waals surface area (Å²) in [6.45, 7) is -0.150. The molecule has 1 aromatic rings. The first-order chi connectivity index (χ1) is 12.6. The number of benzene rings is 1. The minimum Gasteiger partial charge on any atom is -0.348 e. The number of nitrogens with zero attached hydrogens (tertiary/aromatic N) is 1. The highest BCUT2D eigenvalue weighted by molar-refractivity contribution is 6.08. The minimum atomic E-state index is -0.242. The third-order valence-corrected chi connectivity index (χ3v) is 6.57. The van der Waals surface area contributed by atoms with Gasteiger partial charge in [0.2, 0.25) is 17.7 Å². The summed E-state index contributed by atoms with van der Waals surface area (Å²) in [5.41, 5.74) is 2.43. The molecule has 1 saturated heterocycles. The Kier molecular flexibility index (Phi) is 3.52. The first-order valence-electron chi connectivity index (χ1n) is 9.54. The van der Waals surface area contributed by atoms with Crippen molar-refractivity contribution in [2.75, 3.05) is 6.54 Å². The van der Waals surface area contributed by atoms with Gasteiger partial charge in [-0.25, -0.2) is 0 Å². The molecule has 1 aromatic carbocycles. The number of allylic oxidation sites excluding steroid dienone is 2. The predicted molar refractivity (Wildman–Crippen MR) is 94.7 cm³/mol. The monoisotopic (exact) mass is 350 g/mol. The zero-order chi connectivity index (χ0) is 17.8. The van der Waals surface area contributed by atoms with Crippen LogP contribution in [0.1, 0.15) is 36.4 Å². The summed E-state index contributed by atoms with van der Waals surface area (Å²) in [5.74, 6) is -0.665. The molecule has 0 spiro atoms. The summed E-state index contributed by atoms with van der Waals surface area (Å²) in [6.07, 6.45) is 8.00. The SMILES string of the molecule is O=C(CN1C(=O)[C@H]2[C@H](C1=O)[C@H]1C=C[C@H]2C1)N[C@@H]1CCCc2ccccc21. The van der Waals surface area contributed by atoms with Crippen molar-refractivity contribution < 1.29 is 14.4 Å². The molecule has 5 nitrogen and oxygen atoms in total. The molecular weight excluding hydrogens is 328 g/mol. The normalized spacial score (nSPS) is 34.2. The highest BCUT2D eigenvalue weighted by Gasteiger charge is 2.59. The third kappa shape index (κ3) is 2.26. The molecule has 5 atom stereocenters. The van der Waals surface area contributed by atoms with Crippen LogP contribution in [0, 0.1) is 23.7 Å². The van der Waals surface area contributed by atoms with E-state index in [1.807, 2.05) is 12.1 Å². The van der Waals surface area contributed by atoms with E-state index in [2.05, 4.69) is 29.6 Å². The van der Waals surface area contributed by atoms with Crippen LogP contribution < -0.4 is 5.32 Å². The van der Waals surface area contributed by atoms with E-state index in [0.717, 1.165) is 31.2 Å². The predicted octanol–water partition coefficient (Wildman–Crippen LogP) is 1.99. The van der Waals surface area contributed by atoms with Crippen molar-refractivity contribution in [3.63, 3.8) is 0 Å². The summed E-state index contributed by atoms with van der Waals surface area (Å²) in [4.78, 5) is 39.2. The van der Waals surface area contributed by atoms with Crippen molar-refractivity contribution in [3.8, 4) is 0 Å². The van der Waals surface area contributed by atoms with Gasteiger partial charge in [-0.05, 0) is 48.6 Å². The molecule has 0 unspecified atom stereocenters. The largest absolute Gasteiger partial charge is 0.348 e. The second-order valence-corrected chi connectivity index (χ2v) is 7.97. The average Bonchev–Trinajstić information content (AvgIpc) is 3.32. The van der Waals surface area contributed by atoms with Crippen LogP contribution in [0.4, 0.5) is 0 Å². The van der Waals surface area contributed by atoms with Crippen LogP contribution in [0.3, 0.4) is 0 Å². The number of fused-ring (bicyclic) bond motifs is 6. The second kappa shape index (κ2) is 5.79. The molecule has 26 heavy (non-hydrogen) atoms. The molecule has 0 radical (unpaired) electrons. The number of hydrogen-bond donors (Lipinski definition) is 1. The zero-order valence-electron chi connectivity index (χ0n) is 14.6. The Morgan fingerprint density at radius 3 is 2.50 bits per heavy atom. The fourth-order valence-corrected chi connectivity index (χ4v) is 5.41. The van der Waals surface area contributed by atoms with Crippen LogP contribution in [0.25, 0.3) is 0 Å². The Labute approximate surface area is 152 Å². The molecule has 134 valence electrons. The molecule has 5 rings (SSSR count). The van der Waals surface area contributed by atoms with E-state index in [1.165, 1.54) is 10.5 Å². The fourth-order valence-electron chi connectivity index (χ4n) is 5.41. The van der Waals surface area contributed by atoms with Crippen molar-refractivity contribution in [2.45, 2.75) is 31.7 Å². The van der Waals surface area contributed by atoms with Crippen LogP contribution in [0.15, 0.2) is 36.4 Å². The van der Waals surface area contributed by atoms with Gasteiger partial charge in [0.05, 0.1) is 17.9 Å². The summed E-state index contributed by atoms with van der Waals surface area (Å²) in [5, 5.41) is 3.05. The lowest BCUT2D eigenvalue weighted by Gasteiger charge is -2.27. The van der Waals surface area contributed by atoms with Crippen molar-refractivity contribution in [3.05, 3.63) is 47.5 Å². The lowest BCUT2D eigenvalue weighted by atomic mass is 9.85. The average molecular weight is 350 g/mol. The van der Waals surface area contributed by atoms with E-state index in [-0.39, 0.29) is 54.0 Å². The maximum atomic E-state index is 12.7. The van der Waals surface area contributed by atoms with E-state index in [4.69, 9.17) is 0 Å². The van der Waals surface area contributed by atoms with Gasteiger partial charge < -0.3 is 5.32 Å². The number of nitrogens with one attached hydrogen (secondary N) is 1. The zero-order valence-corrected chi connectivity index (χ0v) is 14.6. The van der Waals surface area contributed by atoms with Gasteiger partial charge >= 0.3 is 0 Å².